The summed E-state index contributed by atoms with van der Waals surface area (Å²) < 4.78 is 24.6. The van der Waals surface area contributed by atoms with Gasteiger partial charge in [-0.05, 0) is 42.5 Å². The van der Waals surface area contributed by atoms with Gasteiger partial charge in [0.2, 0.25) is 5.82 Å². The summed E-state index contributed by atoms with van der Waals surface area (Å²) in [6.45, 7) is 0.919. The molecule has 2 heterocycles. The maximum atomic E-state index is 13.3. The van der Waals surface area contributed by atoms with Crippen molar-refractivity contribution in [2.24, 2.45) is 0 Å². The van der Waals surface area contributed by atoms with E-state index in [1.165, 1.54) is 18.2 Å². The Morgan fingerprint density at radius 2 is 1.74 bits per heavy atom. The van der Waals surface area contributed by atoms with Crippen molar-refractivity contribution in [3.63, 3.8) is 0 Å². The summed E-state index contributed by atoms with van der Waals surface area (Å²) in [7, 11) is 0. The zero-order chi connectivity index (χ0) is 21.2. The number of hydrogen-bond donors (Lipinski definition) is 0. The molecule has 6 nitrogen and oxygen atoms in total. The van der Waals surface area contributed by atoms with E-state index >= 15 is 0 Å². The highest BCUT2D eigenvalue weighted by Crippen LogP contribution is 2.26. The van der Waals surface area contributed by atoms with Gasteiger partial charge in [0.1, 0.15) is 17.7 Å². The van der Waals surface area contributed by atoms with Crippen LogP contribution in [0.15, 0.2) is 83.4 Å². The molecule has 0 bridgehead atoms. The largest absolute Gasteiger partial charge is 0.487 e. The minimum atomic E-state index is -0.420. The molecule has 3 aromatic carbocycles. The molecule has 4 aromatic rings. The van der Waals surface area contributed by atoms with Crippen LogP contribution in [0.3, 0.4) is 0 Å². The van der Waals surface area contributed by atoms with Crippen molar-refractivity contribution in [1.82, 2.24) is 15.0 Å². The topological polar surface area (TPSA) is 68.5 Å². The van der Waals surface area contributed by atoms with Gasteiger partial charge in [-0.15, -0.1) is 0 Å². The van der Waals surface area contributed by atoms with E-state index in [-0.39, 0.29) is 12.0 Å². The van der Waals surface area contributed by atoms with Gasteiger partial charge in [0.25, 0.3) is 11.8 Å². The van der Waals surface area contributed by atoms with E-state index in [0.29, 0.717) is 36.1 Å². The van der Waals surface area contributed by atoms with Gasteiger partial charge in [-0.1, -0.05) is 41.6 Å². The van der Waals surface area contributed by atoms with Crippen LogP contribution in [0.5, 0.6) is 5.75 Å². The van der Waals surface area contributed by atoms with Crippen molar-refractivity contribution >= 4 is 5.91 Å². The molecular formula is C24H18FN3O3. The van der Waals surface area contributed by atoms with Gasteiger partial charge >= 0.3 is 0 Å². The fourth-order valence-electron chi connectivity index (χ4n) is 3.40. The van der Waals surface area contributed by atoms with E-state index in [4.69, 9.17) is 9.26 Å². The molecule has 0 N–H and O–H groups in total. The number of rotatable bonds is 5. The van der Waals surface area contributed by atoms with Crippen LogP contribution in [0.4, 0.5) is 4.39 Å². The van der Waals surface area contributed by atoms with E-state index in [1.54, 1.807) is 11.0 Å². The lowest BCUT2D eigenvalue weighted by molar-refractivity contribution is 0.0177. The highest BCUT2D eigenvalue weighted by atomic mass is 19.1. The number of nitrogens with zero attached hydrogens (tertiary/aromatic N) is 3. The summed E-state index contributed by atoms with van der Waals surface area (Å²) in [5.41, 5.74) is 2.02. The monoisotopic (exact) mass is 415 g/mol. The molecule has 0 saturated carbocycles. The number of halogens is 1. The number of carbonyl (C=O) groups excluding carboxylic acids is 1. The Balaban J connectivity index is 1.18. The quantitative estimate of drug-likeness (QED) is 0.482. The molecule has 1 amide bonds. The molecule has 1 aliphatic heterocycles. The molecule has 154 valence electrons. The van der Waals surface area contributed by atoms with Crippen molar-refractivity contribution in [1.29, 1.82) is 0 Å². The Bertz CT molecular complexity index is 1200. The van der Waals surface area contributed by atoms with Crippen LogP contribution in [0.2, 0.25) is 0 Å². The normalized spacial score (nSPS) is 13.6. The lowest BCUT2D eigenvalue weighted by Crippen LogP contribution is -2.56. The molecule has 1 fully saturated rings. The van der Waals surface area contributed by atoms with Gasteiger partial charge in [-0.3, -0.25) is 4.79 Å². The maximum Gasteiger partial charge on any atom is 0.258 e. The molecule has 31 heavy (non-hydrogen) atoms. The van der Waals surface area contributed by atoms with Crippen molar-refractivity contribution in [2.75, 3.05) is 13.1 Å². The first-order chi connectivity index (χ1) is 15.2. The van der Waals surface area contributed by atoms with Crippen molar-refractivity contribution < 1.29 is 18.4 Å². The van der Waals surface area contributed by atoms with Gasteiger partial charge in [0.15, 0.2) is 0 Å². The van der Waals surface area contributed by atoms with Crippen LogP contribution in [-0.2, 0) is 0 Å². The van der Waals surface area contributed by atoms with E-state index < -0.39 is 5.82 Å². The fourth-order valence-corrected chi connectivity index (χ4v) is 3.40. The van der Waals surface area contributed by atoms with Crippen molar-refractivity contribution in [3.8, 4) is 28.6 Å². The Morgan fingerprint density at radius 1 is 0.968 bits per heavy atom. The summed E-state index contributed by atoms with van der Waals surface area (Å²) in [6, 6.07) is 22.7. The number of aromatic nitrogens is 2. The van der Waals surface area contributed by atoms with Crippen LogP contribution in [0.1, 0.15) is 10.4 Å². The standard InChI is InChI=1S/C24H18FN3O3/c25-19-8-4-7-18(13-19)24(29)28-14-21(15-28)30-20-11-9-17(10-12-20)23-26-22(27-31-23)16-5-2-1-3-6-16/h1-13,21H,14-15H2. The number of hydrogen-bond acceptors (Lipinski definition) is 5. The highest BCUT2D eigenvalue weighted by molar-refractivity contribution is 5.94. The van der Waals surface area contributed by atoms with Gasteiger partial charge < -0.3 is 14.2 Å². The van der Waals surface area contributed by atoms with E-state index in [2.05, 4.69) is 10.1 Å². The van der Waals surface area contributed by atoms with Crippen LogP contribution in [0, 0.1) is 5.82 Å². The third-order valence-corrected chi connectivity index (χ3v) is 5.07. The summed E-state index contributed by atoms with van der Waals surface area (Å²) in [4.78, 5) is 18.4. The molecule has 1 aromatic heterocycles. The highest BCUT2D eigenvalue weighted by Gasteiger charge is 2.33. The Kier molecular flexibility index (Phi) is 4.92. The van der Waals surface area contributed by atoms with Crippen molar-refractivity contribution in [2.45, 2.75) is 6.10 Å². The second-order valence-corrected chi connectivity index (χ2v) is 7.27. The molecule has 1 saturated heterocycles. The lowest BCUT2D eigenvalue weighted by atomic mass is 10.1. The average molecular weight is 415 g/mol. The lowest BCUT2D eigenvalue weighted by Gasteiger charge is -2.39. The first-order valence-electron chi connectivity index (χ1n) is 9.87. The molecular weight excluding hydrogens is 397 g/mol. The molecule has 1 aliphatic rings. The zero-order valence-corrected chi connectivity index (χ0v) is 16.4. The summed E-state index contributed by atoms with van der Waals surface area (Å²) in [5.74, 6) is 1.04. The zero-order valence-electron chi connectivity index (χ0n) is 16.4. The summed E-state index contributed by atoms with van der Waals surface area (Å²) >= 11 is 0. The molecule has 0 unspecified atom stereocenters. The SMILES string of the molecule is O=C(c1cccc(F)c1)N1CC(Oc2ccc(-c3nc(-c4ccccc4)no3)cc2)C1. The van der Waals surface area contributed by atoms with Crippen molar-refractivity contribution in [3.05, 3.63) is 90.2 Å². The fraction of sp³-hybridized carbons (Fsp3) is 0.125. The number of likely N-dealkylation sites (tertiary alicyclic amines) is 1. The van der Waals surface area contributed by atoms with Gasteiger partial charge in [0.05, 0.1) is 13.1 Å². The predicted molar refractivity (Wildman–Crippen MR) is 112 cm³/mol. The second-order valence-electron chi connectivity index (χ2n) is 7.27. The molecule has 0 aliphatic carbocycles. The molecule has 7 heteroatoms. The first kappa shape index (κ1) is 19.0. The first-order valence-corrected chi connectivity index (χ1v) is 9.87. The Labute approximate surface area is 177 Å². The smallest absolute Gasteiger partial charge is 0.258 e. The average Bonchev–Trinajstić information content (AvgIpc) is 3.27. The number of amides is 1. The Hall–Kier alpha value is -4.00. The molecule has 5 rings (SSSR count). The Morgan fingerprint density at radius 3 is 2.48 bits per heavy atom. The van der Waals surface area contributed by atoms with E-state index in [0.717, 1.165) is 11.1 Å². The number of carbonyl (C=O) groups is 1. The van der Waals surface area contributed by atoms with Gasteiger partial charge in [-0.25, -0.2) is 4.39 Å². The molecule has 0 radical (unpaired) electrons. The second kappa shape index (κ2) is 8.02. The van der Waals surface area contributed by atoms with Crippen LogP contribution >= 0.6 is 0 Å². The van der Waals surface area contributed by atoms with E-state index in [9.17, 15) is 9.18 Å². The number of benzene rings is 3. The van der Waals surface area contributed by atoms with Crippen LogP contribution in [0.25, 0.3) is 22.8 Å². The molecule has 0 atom stereocenters. The minimum absolute atomic E-state index is 0.101. The third kappa shape index (κ3) is 4.02. The minimum Gasteiger partial charge on any atom is -0.487 e. The van der Waals surface area contributed by atoms with Gasteiger partial charge in [0, 0.05) is 16.7 Å². The predicted octanol–water partition coefficient (Wildman–Crippen LogP) is 4.45. The summed E-state index contributed by atoms with van der Waals surface area (Å²) in [6.07, 6.45) is -0.101. The maximum absolute atomic E-state index is 13.3. The molecule has 0 spiro atoms. The van der Waals surface area contributed by atoms with Crippen LogP contribution < -0.4 is 4.74 Å². The third-order valence-electron chi connectivity index (χ3n) is 5.07. The summed E-state index contributed by atoms with van der Waals surface area (Å²) in [5, 5.41) is 4.03. The van der Waals surface area contributed by atoms with Crippen LogP contribution in [-0.4, -0.2) is 40.1 Å². The number of ether oxygens (including phenoxy) is 1. The van der Waals surface area contributed by atoms with Gasteiger partial charge in [-0.2, -0.15) is 4.98 Å². The van der Waals surface area contributed by atoms with E-state index in [1.807, 2.05) is 54.6 Å².